The fourth-order valence-corrected chi connectivity index (χ4v) is 4.00. The first-order valence-corrected chi connectivity index (χ1v) is 11.0. The number of nitrogens with zero attached hydrogens (tertiary/aromatic N) is 8. The van der Waals surface area contributed by atoms with Crippen molar-refractivity contribution in [1.82, 2.24) is 24.5 Å². The van der Waals surface area contributed by atoms with Crippen molar-refractivity contribution in [1.29, 1.82) is 5.26 Å². The first kappa shape index (κ1) is 22.2. The molecule has 10 nitrogen and oxygen atoms in total. The Bertz CT molecular complexity index is 1160. The lowest BCUT2D eigenvalue weighted by Gasteiger charge is -2.36. The number of hydrogen-bond donors (Lipinski definition) is 0. The van der Waals surface area contributed by atoms with Gasteiger partial charge in [-0.15, -0.1) is 0 Å². The summed E-state index contributed by atoms with van der Waals surface area (Å²) in [7, 11) is 0. The number of hydrogen-bond acceptors (Lipinski definition) is 7. The quantitative estimate of drug-likeness (QED) is 0.544. The molecule has 0 N–H and O–H groups in total. The van der Waals surface area contributed by atoms with Crippen LogP contribution in [0.15, 0.2) is 42.7 Å². The van der Waals surface area contributed by atoms with Gasteiger partial charge in [-0.2, -0.15) is 19.9 Å². The molecular formula is C23H26N8O2. The molecule has 0 atom stereocenters. The zero-order valence-electron chi connectivity index (χ0n) is 18.6. The number of piperazine rings is 1. The number of anilines is 2. The molecule has 0 radical (unpaired) electrons. The summed E-state index contributed by atoms with van der Waals surface area (Å²) in [6.07, 6.45) is 1.99. The van der Waals surface area contributed by atoms with Gasteiger partial charge in [-0.3, -0.25) is 9.59 Å². The summed E-state index contributed by atoms with van der Waals surface area (Å²) in [5.74, 6) is 1.28. The predicted octanol–water partition coefficient (Wildman–Crippen LogP) is 1.81. The Morgan fingerprint density at radius 2 is 1.88 bits per heavy atom. The maximum Gasteiger partial charge on any atom is 0.254 e. The smallest absolute Gasteiger partial charge is 0.254 e. The highest BCUT2D eigenvalue weighted by molar-refractivity contribution is 5.95. The van der Waals surface area contributed by atoms with Crippen molar-refractivity contribution >= 4 is 29.1 Å². The molecule has 1 saturated heterocycles. The molecule has 170 valence electrons. The van der Waals surface area contributed by atoms with Crippen LogP contribution in [0.25, 0.3) is 5.78 Å². The standard InChI is InChI=1S/C23H26N8O2/c1-18-16-20(31-23(27-18)25-17-26-31)28-12-14-29(15-13-28)21(32)8-9-22(33)30(11-5-10-24)19-6-3-2-4-7-19/h2-4,6-7,16-17H,5,8-9,11-15H2,1H3. The Hall–Kier alpha value is -4.00. The van der Waals surface area contributed by atoms with Crippen molar-refractivity contribution in [3.8, 4) is 6.07 Å². The summed E-state index contributed by atoms with van der Waals surface area (Å²) in [6.45, 7) is 4.70. The van der Waals surface area contributed by atoms with Crippen LogP contribution >= 0.6 is 0 Å². The molecule has 0 bridgehead atoms. The number of aromatic nitrogens is 4. The highest BCUT2D eigenvalue weighted by Crippen LogP contribution is 2.19. The van der Waals surface area contributed by atoms with Gasteiger partial charge in [0.25, 0.3) is 5.78 Å². The number of fused-ring (bicyclic) bond motifs is 1. The van der Waals surface area contributed by atoms with E-state index in [4.69, 9.17) is 5.26 Å². The minimum absolute atomic E-state index is 0.0342. The molecule has 0 spiro atoms. The number of amides is 2. The lowest BCUT2D eigenvalue weighted by Crippen LogP contribution is -2.49. The lowest BCUT2D eigenvalue weighted by molar-refractivity contribution is -0.133. The maximum atomic E-state index is 12.8. The number of aryl methyl sites for hydroxylation is 1. The van der Waals surface area contributed by atoms with Gasteiger partial charge in [0, 0.05) is 63.0 Å². The monoisotopic (exact) mass is 446 g/mol. The third-order valence-electron chi connectivity index (χ3n) is 5.69. The number of para-hydroxylation sites is 1. The van der Waals surface area contributed by atoms with Gasteiger partial charge in [0.1, 0.15) is 12.1 Å². The third kappa shape index (κ3) is 5.09. The second-order valence-electron chi connectivity index (χ2n) is 7.88. The van der Waals surface area contributed by atoms with E-state index in [1.807, 2.05) is 43.3 Å². The summed E-state index contributed by atoms with van der Waals surface area (Å²) >= 11 is 0. The molecule has 1 fully saturated rings. The lowest BCUT2D eigenvalue weighted by atomic mass is 10.2. The Kier molecular flexibility index (Phi) is 6.78. The number of carbonyl (C=O) groups is 2. The van der Waals surface area contributed by atoms with Crippen molar-refractivity contribution < 1.29 is 9.59 Å². The zero-order chi connectivity index (χ0) is 23.2. The molecule has 2 aromatic heterocycles. The van der Waals surface area contributed by atoms with E-state index in [2.05, 4.69) is 26.0 Å². The van der Waals surface area contributed by atoms with Crippen LogP contribution in [-0.2, 0) is 9.59 Å². The molecule has 2 amide bonds. The molecule has 0 unspecified atom stereocenters. The van der Waals surface area contributed by atoms with Crippen LogP contribution in [0.5, 0.6) is 0 Å². The molecular weight excluding hydrogens is 420 g/mol. The molecule has 1 aliphatic rings. The molecule has 1 aromatic carbocycles. The van der Waals surface area contributed by atoms with E-state index in [0.29, 0.717) is 38.5 Å². The average molecular weight is 447 g/mol. The topological polar surface area (TPSA) is 111 Å². The van der Waals surface area contributed by atoms with Gasteiger partial charge in [-0.1, -0.05) is 18.2 Å². The van der Waals surface area contributed by atoms with Crippen LogP contribution < -0.4 is 9.80 Å². The van der Waals surface area contributed by atoms with Gasteiger partial charge in [-0.25, -0.2) is 4.98 Å². The van der Waals surface area contributed by atoms with E-state index in [-0.39, 0.29) is 31.1 Å². The minimum Gasteiger partial charge on any atom is -0.353 e. The molecule has 1 aliphatic heterocycles. The second-order valence-corrected chi connectivity index (χ2v) is 7.88. The average Bonchev–Trinajstić information content (AvgIpc) is 3.31. The summed E-state index contributed by atoms with van der Waals surface area (Å²) in [5, 5.41) is 13.2. The summed E-state index contributed by atoms with van der Waals surface area (Å²) in [4.78, 5) is 39.7. The van der Waals surface area contributed by atoms with Crippen LogP contribution in [0.1, 0.15) is 25.0 Å². The predicted molar refractivity (Wildman–Crippen MR) is 123 cm³/mol. The van der Waals surface area contributed by atoms with Gasteiger partial charge in [0.2, 0.25) is 11.8 Å². The Labute approximate surface area is 192 Å². The minimum atomic E-state index is -0.149. The largest absolute Gasteiger partial charge is 0.353 e. The molecule has 10 heteroatoms. The molecule has 33 heavy (non-hydrogen) atoms. The van der Waals surface area contributed by atoms with Crippen molar-refractivity contribution in [2.75, 3.05) is 42.5 Å². The summed E-state index contributed by atoms with van der Waals surface area (Å²) < 4.78 is 1.71. The van der Waals surface area contributed by atoms with Gasteiger partial charge >= 0.3 is 0 Å². The van der Waals surface area contributed by atoms with Crippen LogP contribution in [0.2, 0.25) is 0 Å². The second kappa shape index (κ2) is 10.1. The summed E-state index contributed by atoms with van der Waals surface area (Å²) in [6, 6.07) is 13.3. The highest BCUT2D eigenvalue weighted by Gasteiger charge is 2.24. The van der Waals surface area contributed by atoms with Gasteiger partial charge in [0.05, 0.1) is 12.5 Å². The normalized spacial score (nSPS) is 13.7. The Balaban J connectivity index is 1.33. The van der Waals surface area contributed by atoms with Crippen molar-refractivity contribution in [3.63, 3.8) is 0 Å². The van der Waals surface area contributed by atoms with E-state index in [1.54, 1.807) is 14.3 Å². The molecule has 3 heterocycles. The Morgan fingerprint density at radius 1 is 1.12 bits per heavy atom. The fourth-order valence-electron chi connectivity index (χ4n) is 4.00. The SMILES string of the molecule is Cc1cc(N2CCN(C(=O)CCC(=O)N(CCC#N)c3ccccc3)CC2)n2ncnc2n1. The van der Waals surface area contributed by atoms with E-state index >= 15 is 0 Å². The van der Waals surface area contributed by atoms with E-state index in [9.17, 15) is 9.59 Å². The van der Waals surface area contributed by atoms with Crippen molar-refractivity contribution in [3.05, 3.63) is 48.4 Å². The zero-order valence-corrected chi connectivity index (χ0v) is 18.6. The van der Waals surface area contributed by atoms with Gasteiger partial charge in [0.15, 0.2) is 0 Å². The number of nitriles is 1. The van der Waals surface area contributed by atoms with E-state index in [1.165, 1.54) is 6.33 Å². The first-order chi connectivity index (χ1) is 16.1. The van der Waals surface area contributed by atoms with Crippen LogP contribution in [0.4, 0.5) is 11.5 Å². The van der Waals surface area contributed by atoms with Crippen LogP contribution in [0, 0.1) is 18.3 Å². The molecule has 0 saturated carbocycles. The van der Waals surface area contributed by atoms with Crippen LogP contribution in [-0.4, -0.2) is 69.0 Å². The fraction of sp³-hybridized carbons (Fsp3) is 0.391. The van der Waals surface area contributed by atoms with Crippen molar-refractivity contribution in [2.45, 2.75) is 26.2 Å². The molecule has 0 aliphatic carbocycles. The first-order valence-electron chi connectivity index (χ1n) is 11.0. The number of carbonyl (C=O) groups excluding carboxylic acids is 2. The third-order valence-corrected chi connectivity index (χ3v) is 5.69. The van der Waals surface area contributed by atoms with E-state index < -0.39 is 0 Å². The van der Waals surface area contributed by atoms with Crippen LogP contribution in [0.3, 0.4) is 0 Å². The van der Waals surface area contributed by atoms with E-state index in [0.717, 1.165) is 17.2 Å². The van der Waals surface area contributed by atoms with Gasteiger partial charge < -0.3 is 14.7 Å². The summed E-state index contributed by atoms with van der Waals surface area (Å²) in [5.41, 5.74) is 1.60. The highest BCUT2D eigenvalue weighted by atomic mass is 16.2. The maximum absolute atomic E-state index is 12.8. The number of rotatable bonds is 7. The molecule has 4 rings (SSSR count). The Morgan fingerprint density at radius 3 is 2.61 bits per heavy atom. The van der Waals surface area contributed by atoms with Gasteiger partial charge in [-0.05, 0) is 19.1 Å². The van der Waals surface area contributed by atoms with Crippen molar-refractivity contribution in [2.24, 2.45) is 0 Å². The number of benzene rings is 1. The molecule has 3 aromatic rings.